The molecule has 2 atom stereocenters. The van der Waals surface area contributed by atoms with Crippen molar-refractivity contribution < 1.29 is 23.9 Å². The van der Waals surface area contributed by atoms with E-state index in [2.05, 4.69) is 5.32 Å². The van der Waals surface area contributed by atoms with Crippen molar-refractivity contribution in [3.05, 3.63) is 30.3 Å². The summed E-state index contributed by atoms with van der Waals surface area (Å²) in [6.45, 7) is 4.25. The van der Waals surface area contributed by atoms with Gasteiger partial charge in [-0.15, -0.1) is 0 Å². The summed E-state index contributed by atoms with van der Waals surface area (Å²) in [5, 5.41) is 2.63. The number of ether oxygens (including phenoxy) is 2. The van der Waals surface area contributed by atoms with Crippen molar-refractivity contribution in [1.29, 1.82) is 0 Å². The van der Waals surface area contributed by atoms with Crippen molar-refractivity contribution in [3.63, 3.8) is 0 Å². The fraction of sp³-hybridized carbons (Fsp3) is 0.550. The van der Waals surface area contributed by atoms with E-state index in [1.165, 1.54) is 4.90 Å². The molecule has 1 saturated heterocycles. The first kappa shape index (κ1) is 20.7. The highest BCUT2D eigenvalue weighted by atomic mass is 16.5. The van der Waals surface area contributed by atoms with E-state index >= 15 is 0 Å². The number of para-hydroxylation sites is 1. The van der Waals surface area contributed by atoms with Gasteiger partial charge in [0, 0.05) is 12.5 Å². The van der Waals surface area contributed by atoms with Crippen molar-refractivity contribution >= 4 is 17.8 Å². The summed E-state index contributed by atoms with van der Waals surface area (Å²) in [6.07, 6.45) is 2.17. The number of benzene rings is 1. The lowest BCUT2D eigenvalue weighted by atomic mass is 10.2. The lowest BCUT2D eigenvalue weighted by molar-refractivity contribution is -0.153. The number of carbonyl (C=O) groups is 3. The van der Waals surface area contributed by atoms with E-state index in [4.69, 9.17) is 9.47 Å². The number of carbonyl (C=O) groups excluding carboxylic acids is 3. The highest BCUT2D eigenvalue weighted by Gasteiger charge is 2.39. The van der Waals surface area contributed by atoms with Crippen LogP contribution in [0.3, 0.4) is 0 Å². The fourth-order valence-corrected chi connectivity index (χ4v) is 3.17. The lowest BCUT2D eigenvalue weighted by Gasteiger charge is -2.27. The monoisotopic (exact) mass is 376 g/mol. The number of rotatable bonds is 9. The maximum atomic E-state index is 12.5. The molecule has 0 aliphatic carbocycles. The third-order valence-electron chi connectivity index (χ3n) is 4.51. The largest absolute Gasteiger partial charge is 0.494 e. The second-order valence-corrected chi connectivity index (χ2v) is 6.54. The predicted octanol–water partition coefficient (Wildman–Crippen LogP) is 1.90. The summed E-state index contributed by atoms with van der Waals surface area (Å²) in [4.78, 5) is 38.0. The SMILES string of the molecule is CCOC(=O)C1CCC(C)N1C(=O)CNC(=O)CCCOc1ccccc1. The molecule has 7 nitrogen and oxygen atoms in total. The van der Waals surface area contributed by atoms with Crippen molar-refractivity contribution in [2.45, 2.75) is 51.6 Å². The van der Waals surface area contributed by atoms with E-state index in [9.17, 15) is 14.4 Å². The fourth-order valence-electron chi connectivity index (χ4n) is 3.17. The molecule has 0 aromatic heterocycles. The highest BCUT2D eigenvalue weighted by Crippen LogP contribution is 2.24. The first-order chi connectivity index (χ1) is 13.0. The van der Waals surface area contributed by atoms with Gasteiger partial charge in [-0.3, -0.25) is 9.59 Å². The minimum Gasteiger partial charge on any atom is -0.494 e. The highest BCUT2D eigenvalue weighted by molar-refractivity contribution is 5.89. The molecule has 1 fully saturated rings. The third kappa shape index (κ3) is 6.27. The van der Waals surface area contributed by atoms with Gasteiger partial charge >= 0.3 is 5.97 Å². The maximum Gasteiger partial charge on any atom is 0.328 e. The average molecular weight is 376 g/mol. The van der Waals surface area contributed by atoms with Crippen LogP contribution in [0.5, 0.6) is 5.75 Å². The molecule has 1 aromatic rings. The van der Waals surface area contributed by atoms with E-state index in [0.29, 0.717) is 19.4 Å². The molecule has 1 aliphatic rings. The lowest BCUT2D eigenvalue weighted by Crippen LogP contribution is -2.48. The third-order valence-corrected chi connectivity index (χ3v) is 4.51. The summed E-state index contributed by atoms with van der Waals surface area (Å²) in [5.74, 6) is -0.0767. The second kappa shape index (κ2) is 10.5. The zero-order valence-electron chi connectivity index (χ0n) is 16.0. The molecule has 2 amide bonds. The van der Waals surface area contributed by atoms with Crippen molar-refractivity contribution in [2.75, 3.05) is 19.8 Å². The van der Waals surface area contributed by atoms with Crippen LogP contribution < -0.4 is 10.1 Å². The van der Waals surface area contributed by atoms with Crippen molar-refractivity contribution in [2.24, 2.45) is 0 Å². The smallest absolute Gasteiger partial charge is 0.328 e. The number of nitrogens with one attached hydrogen (secondary N) is 1. The van der Waals surface area contributed by atoms with Crippen LogP contribution in [0.15, 0.2) is 30.3 Å². The summed E-state index contributed by atoms with van der Waals surface area (Å²) in [5.41, 5.74) is 0. The Hall–Kier alpha value is -2.57. The Kier molecular flexibility index (Phi) is 8.10. The average Bonchev–Trinajstić information content (AvgIpc) is 3.06. The number of likely N-dealkylation sites (tertiary alicyclic amines) is 1. The number of amides is 2. The summed E-state index contributed by atoms with van der Waals surface area (Å²) in [7, 11) is 0. The molecule has 7 heteroatoms. The number of nitrogens with zero attached hydrogens (tertiary/aromatic N) is 1. The number of hydrogen-bond donors (Lipinski definition) is 1. The standard InChI is InChI=1S/C20H28N2O5/c1-3-26-20(25)17-12-11-15(2)22(17)19(24)14-21-18(23)10-7-13-27-16-8-5-4-6-9-16/h4-6,8-9,15,17H,3,7,10-14H2,1-2H3,(H,21,23). The molecule has 1 aliphatic heterocycles. The van der Waals surface area contributed by atoms with Crippen molar-refractivity contribution in [3.8, 4) is 5.75 Å². The molecule has 0 radical (unpaired) electrons. The van der Waals surface area contributed by atoms with Gasteiger partial charge < -0.3 is 19.7 Å². The first-order valence-electron chi connectivity index (χ1n) is 9.45. The Morgan fingerprint density at radius 3 is 2.63 bits per heavy atom. The van der Waals surface area contributed by atoms with Gasteiger partial charge in [-0.05, 0) is 45.2 Å². The Labute approximate surface area is 160 Å². The Balaban J connectivity index is 1.70. The van der Waals surface area contributed by atoms with Gasteiger partial charge in [0.1, 0.15) is 11.8 Å². The predicted molar refractivity (Wildman–Crippen MR) is 100 cm³/mol. The van der Waals surface area contributed by atoms with Gasteiger partial charge in [0.25, 0.3) is 0 Å². The number of hydrogen-bond acceptors (Lipinski definition) is 5. The molecular formula is C20H28N2O5. The Bertz CT molecular complexity index is 635. The van der Waals surface area contributed by atoms with E-state index in [1.54, 1.807) is 6.92 Å². The van der Waals surface area contributed by atoms with Crippen LogP contribution in [0.25, 0.3) is 0 Å². The summed E-state index contributed by atoms with van der Waals surface area (Å²) in [6, 6.07) is 8.80. The molecule has 148 valence electrons. The summed E-state index contributed by atoms with van der Waals surface area (Å²) >= 11 is 0. The molecule has 0 spiro atoms. The van der Waals surface area contributed by atoms with Crippen LogP contribution >= 0.6 is 0 Å². The molecule has 0 saturated carbocycles. The Morgan fingerprint density at radius 2 is 1.93 bits per heavy atom. The Morgan fingerprint density at radius 1 is 1.19 bits per heavy atom. The molecule has 1 N–H and O–H groups in total. The second-order valence-electron chi connectivity index (χ2n) is 6.54. The van der Waals surface area contributed by atoms with Crippen molar-refractivity contribution in [1.82, 2.24) is 10.2 Å². The molecule has 27 heavy (non-hydrogen) atoms. The van der Waals surface area contributed by atoms with Gasteiger partial charge in [0.2, 0.25) is 11.8 Å². The molecule has 1 aromatic carbocycles. The van der Waals surface area contributed by atoms with Crippen LogP contribution in [0, 0.1) is 0 Å². The van der Waals surface area contributed by atoms with Gasteiger partial charge in [-0.25, -0.2) is 4.79 Å². The molecule has 2 unspecified atom stereocenters. The minimum absolute atomic E-state index is 0.0388. The maximum absolute atomic E-state index is 12.5. The quantitative estimate of drug-likeness (QED) is 0.526. The van der Waals surface area contributed by atoms with E-state index < -0.39 is 6.04 Å². The first-order valence-corrected chi connectivity index (χ1v) is 9.45. The normalized spacial score (nSPS) is 18.8. The molecule has 0 bridgehead atoms. The van der Waals surface area contributed by atoms with E-state index in [1.807, 2.05) is 37.3 Å². The van der Waals surface area contributed by atoms with Gasteiger partial charge in [-0.2, -0.15) is 0 Å². The molecular weight excluding hydrogens is 348 g/mol. The minimum atomic E-state index is -0.552. The van der Waals surface area contributed by atoms with Crippen LogP contribution in [0.1, 0.15) is 39.5 Å². The van der Waals surface area contributed by atoms with Crippen LogP contribution in [0.4, 0.5) is 0 Å². The van der Waals surface area contributed by atoms with E-state index in [-0.39, 0.29) is 43.4 Å². The van der Waals surface area contributed by atoms with Gasteiger partial charge in [0.15, 0.2) is 0 Å². The van der Waals surface area contributed by atoms with Crippen LogP contribution in [0.2, 0.25) is 0 Å². The van der Waals surface area contributed by atoms with Gasteiger partial charge in [-0.1, -0.05) is 18.2 Å². The zero-order valence-corrected chi connectivity index (χ0v) is 16.0. The molecule has 1 heterocycles. The summed E-state index contributed by atoms with van der Waals surface area (Å²) < 4.78 is 10.6. The van der Waals surface area contributed by atoms with E-state index in [0.717, 1.165) is 12.2 Å². The topological polar surface area (TPSA) is 84.9 Å². The van der Waals surface area contributed by atoms with Crippen LogP contribution in [-0.2, 0) is 19.1 Å². The van der Waals surface area contributed by atoms with Gasteiger partial charge in [0.05, 0.1) is 19.8 Å². The molecule has 2 rings (SSSR count). The number of esters is 1. The van der Waals surface area contributed by atoms with Crippen LogP contribution in [-0.4, -0.2) is 54.5 Å². The zero-order chi connectivity index (χ0) is 19.6.